The van der Waals surface area contributed by atoms with Crippen molar-refractivity contribution in [3.05, 3.63) is 22.3 Å². The van der Waals surface area contributed by atoms with Gasteiger partial charge in [-0.15, -0.1) is 0 Å². The highest BCUT2D eigenvalue weighted by Gasteiger charge is 2.29. The fourth-order valence-corrected chi connectivity index (χ4v) is 1.30. The molecule has 0 saturated carbocycles. The number of rotatable bonds is 0. The molecule has 0 aromatic rings. The Balaban J connectivity index is 3.52. The van der Waals surface area contributed by atoms with Crippen LogP contribution < -0.4 is 0 Å². The molecule has 0 aliphatic heterocycles. The molecule has 0 aromatic carbocycles. The summed E-state index contributed by atoms with van der Waals surface area (Å²) in [7, 11) is 0. The van der Waals surface area contributed by atoms with Crippen LogP contribution in [0.5, 0.6) is 0 Å². The molecular formula is C9H3ClF2N4. The summed E-state index contributed by atoms with van der Waals surface area (Å²) in [5.41, 5.74) is -1.30. The molecule has 0 heterocycles. The molecule has 16 heavy (non-hydrogen) atoms. The van der Waals surface area contributed by atoms with E-state index in [9.17, 15) is 8.78 Å². The van der Waals surface area contributed by atoms with Crippen molar-refractivity contribution < 1.29 is 8.78 Å². The normalized spacial score (nSPS) is 21.4. The maximum Gasteiger partial charge on any atom is 0.206 e. The van der Waals surface area contributed by atoms with Gasteiger partial charge in [0.25, 0.3) is 0 Å². The van der Waals surface area contributed by atoms with E-state index in [1.807, 2.05) is 0 Å². The third-order valence-electron chi connectivity index (χ3n) is 1.82. The lowest BCUT2D eigenvalue weighted by Crippen LogP contribution is -2.17. The minimum atomic E-state index is -1.07. The Hall–Kier alpha value is -2.05. The molecule has 1 aliphatic rings. The van der Waals surface area contributed by atoms with E-state index in [2.05, 4.69) is 9.98 Å². The van der Waals surface area contributed by atoms with Gasteiger partial charge in [-0.25, -0.2) is 8.78 Å². The van der Waals surface area contributed by atoms with Crippen molar-refractivity contribution in [2.24, 2.45) is 9.98 Å². The van der Waals surface area contributed by atoms with Crippen molar-refractivity contribution in [3.63, 3.8) is 0 Å². The highest BCUT2D eigenvalue weighted by Crippen LogP contribution is 2.30. The van der Waals surface area contributed by atoms with Crippen LogP contribution in [0.3, 0.4) is 0 Å². The van der Waals surface area contributed by atoms with E-state index >= 15 is 0 Å². The Kier molecular flexibility index (Phi) is 3.49. The number of hydrogen-bond acceptors (Lipinski definition) is 4. The zero-order chi connectivity index (χ0) is 12.3. The van der Waals surface area contributed by atoms with E-state index in [0.717, 1.165) is 0 Å². The predicted octanol–water partition coefficient (Wildman–Crippen LogP) is 2.51. The summed E-state index contributed by atoms with van der Waals surface area (Å²) in [6.07, 6.45) is 2.65. The number of allylic oxidation sites excluding steroid dienone is 4. The average molecular weight is 241 g/mol. The summed E-state index contributed by atoms with van der Waals surface area (Å²) in [6, 6.07) is 0. The van der Waals surface area contributed by atoms with Gasteiger partial charge in [0.15, 0.2) is 11.7 Å². The van der Waals surface area contributed by atoms with Crippen LogP contribution in [0.2, 0.25) is 0 Å². The van der Waals surface area contributed by atoms with Crippen LogP contribution in [-0.4, -0.2) is 11.4 Å². The molecule has 1 rings (SSSR count). The maximum atomic E-state index is 13.5. The zero-order valence-electron chi connectivity index (χ0n) is 7.92. The second-order valence-electron chi connectivity index (χ2n) is 2.69. The quantitative estimate of drug-likeness (QED) is 0.482. The molecular weight excluding hydrogens is 238 g/mol. The summed E-state index contributed by atoms with van der Waals surface area (Å²) >= 11 is 5.46. The van der Waals surface area contributed by atoms with Crippen LogP contribution in [-0.2, 0) is 0 Å². The second kappa shape index (κ2) is 4.65. The first kappa shape index (κ1) is 12.0. The molecule has 0 fully saturated rings. The molecule has 0 bridgehead atoms. The first-order valence-corrected chi connectivity index (χ1v) is 4.29. The number of halogens is 3. The van der Waals surface area contributed by atoms with Crippen molar-refractivity contribution in [3.8, 4) is 12.4 Å². The zero-order valence-corrected chi connectivity index (χ0v) is 8.68. The van der Waals surface area contributed by atoms with Crippen molar-refractivity contribution in [1.82, 2.24) is 0 Å². The smallest absolute Gasteiger partial charge is 0.204 e. The van der Waals surface area contributed by atoms with Crippen LogP contribution in [0.25, 0.3) is 0 Å². The standard InChI is InChI=1S/C9H3ClF2N4/c1-4-6(11)9(16-3-14)5(10)7(12)8(4)15-2-13/h1H3. The fourth-order valence-electron chi connectivity index (χ4n) is 1.08. The summed E-state index contributed by atoms with van der Waals surface area (Å²) < 4.78 is 27.0. The van der Waals surface area contributed by atoms with Gasteiger partial charge in [0.2, 0.25) is 12.4 Å². The van der Waals surface area contributed by atoms with Gasteiger partial charge < -0.3 is 0 Å². The average Bonchev–Trinajstić information content (AvgIpc) is 2.28. The number of aliphatic imine (C=N–C) groups is 2. The van der Waals surface area contributed by atoms with Gasteiger partial charge in [-0.2, -0.15) is 20.5 Å². The lowest BCUT2D eigenvalue weighted by molar-refractivity contribution is 0.653. The molecule has 4 nitrogen and oxygen atoms in total. The molecule has 0 unspecified atom stereocenters. The first-order chi connectivity index (χ1) is 7.54. The fraction of sp³-hybridized carbons (Fsp3) is 0.111. The van der Waals surface area contributed by atoms with Crippen LogP contribution in [0.4, 0.5) is 8.78 Å². The number of nitriles is 2. The van der Waals surface area contributed by atoms with Gasteiger partial charge in [0.05, 0.1) is 0 Å². The maximum absolute atomic E-state index is 13.5. The summed E-state index contributed by atoms with van der Waals surface area (Å²) in [5.74, 6) is -2.04. The second-order valence-corrected chi connectivity index (χ2v) is 3.07. The van der Waals surface area contributed by atoms with E-state index in [4.69, 9.17) is 22.1 Å². The van der Waals surface area contributed by atoms with Gasteiger partial charge in [-0.1, -0.05) is 11.6 Å². The van der Waals surface area contributed by atoms with Crippen LogP contribution >= 0.6 is 11.6 Å². The summed E-state index contributed by atoms with van der Waals surface area (Å²) in [4.78, 5) is 6.17. The minimum Gasteiger partial charge on any atom is -0.204 e. The van der Waals surface area contributed by atoms with E-state index in [1.54, 1.807) is 0 Å². The lowest BCUT2D eigenvalue weighted by Gasteiger charge is -2.13. The van der Waals surface area contributed by atoms with Gasteiger partial charge >= 0.3 is 0 Å². The molecule has 1 aliphatic carbocycles. The highest BCUT2D eigenvalue weighted by atomic mass is 35.5. The molecule has 0 aromatic heterocycles. The van der Waals surface area contributed by atoms with E-state index in [1.165, 1.54) is 19.3 Å². The van der Waals surface area contributed by atoms with Crippen LogP contribution in [0.1, 0.15) is 6.92 Å². The molecule has 0 spiro atoms. The topological polar surface area (TPSA) is 72.3 Å². The molecule has 0 amide bonds. The van der Waals surface area contributed by atoms with Crippen molar-refractivity contribution in [2.75, 3.05) is 0 Å². The van der Waals surface area contributed by atoms with E-state index in [0.29, 0.717) is 0 Å². The highest BCUT2D eigenvalue weighted by molar-refractivity contribution is 6.50. The van der Waals surface area contributed by atoms with Gasteiger partial charge in [-0.3, -0.25) is 0 Å². The minimum absolute atomic E-state index is 0.225. The van der Waals surface area contributed by atoms with Crippen molar-refractivity contribution in [2.45, 2.75) is 6.92 Å². The Morgan fingerprint density at radius 3 is 2.06 bits per heavy atom. The van der Waals surface area contributed by atoms with E-state index in [-0.39, 0.29) is 5.57 Å². The molecule has 7 heteroatoms. The van der Waals surface area contributed by atoms with Gasteiger partial charge in [-0.05, 0) is 6.92 Å². The Morgan fingerprint density at radius 1 is 1.06 bits per heavy atom. The molecule has 0 N–H and O–H groups in total. The predicted molar refractivity (Wildman–Crippen MR) is 53.9 cm³/mol. The van der Waals surface area contributed by atoms with Crippen molar-refractivity contribution >= 4 is 23.0 Å². The summed E-state index contributed by atoms with van der Waals surface area (Å²) in [5, 5.41) is 15.9. The monoisotopic (exact) mass is 240 g/mol. The van der Waals surface area contributed by atoms with Crippen LogP contribution in [0.15, 0.2) is 32.2 Å². The third kappa shape index (κ3) is 1.83. The largest absolute Gasteiger partial charge is 0.206 e. The molecule has 0 saturated heterocycles. The number of nitrogens with zero attached hydrogens (tertiary/aromatic N) is 4. The van der Waals surface area contributed by atoms with Gasteiger partial charge in [0.1, 0.15) is 16.5 Å². The number of hydrogen-bond donors (Lipinski definition) is 0. The SMILES string of the molecule is CC1=C(F)C(=NC#N)C(Cl)=C(F)C1=NC#N. The molecule has 0 atom stereocenters. The van der Waals surface area contributed by atoms with E-state index < -0.39 is 28.1 Å². The van der Waals surface area contributed by atoms with Gasteiger partial charge in [0, 0.05) is 5.57 Å². The lowest BCUT2D eigenvalue weighted by atomic mass is 10.0. The molecule has 80 valence electrons. The third-order valence-corrected chi connectivity index (χ3v) is 2.17. The molecule has 0 radical (unpaired) electrons. The van der Waals surface area contributed by atoms with Crippen LogP contribution in [0, 0.1) is 22.9 Å². The Labute approximate surface area is 94.5 Å². The summed E-state index contributed by atoms with van der Waals surface area (Å²) in [6.45, 7) is 1.21. The Bertz CT molecular complexity index is 465. The first-order valence-electron chi connectivity index (χ1n) is 3.91. The van der Waals surface area contributed by atoms with Crippen molar-refractivity contribution in [1.29, 1.82) is 10.5 Å². The Morgan fingerprint density at radius 2 is 1.56 bits per heavy atom.